The molecular weight excluding hydrogens is 316 g/mol. The summed E-state index contributed by atoms with van der Waals surface area (Å²) in [7, 11) is 1.63. The van der Waals surface area contributed by atoms with E-state index in [-0.39, 0.29) is 5.91 Å². The zero-order valence-electron chi connectivity index (χ0n) is 12.9. The third-order valence-corrected chi connectivity index (χ3v) is 3.36. The predicted octanol–water partition coefficient (Wildman–Crippen LogP) is 2.16. The highest BCUT2D eigenvalue weighted by atomic mass is 35.5. The molecule has 122 valence electrons. The van der Waals surface area contributed by atoms with Crippen LogP contribution in [0.15, 0.2) is 36.7 Å². The number of halogens is 1. The van der Waals surface area contributed by atoms with E-state index in [1.807, 2.05) is 24.3 Å². The maximum atomic E-state index is 12.0. The Morgan fingerprint density at radius 2 is 1.96 bits per heavy atom. The van der Waals surface area contributed by atoms with Crippen LogP contribution in [0.4, 0.5) is 5.82 Å². The smallest absolute Gasteiger partial charge is 0.271 e. The van der Waals surface area contributed by atoms with E-state index in [0.29, 0.717) is 36.2 Å². The van der Waals surface area contributed by atoms with E-state index in [9.17, 15) is 4.79 Å². The van der Waals surface area contributed by atoms with Crippen molar-refractivity contribution in [1.82, 2.24) is 15.3 Å². The summed E-state index contributed by atoms with van der Waals surface area (Å²) in [5.74, 6) is 0.370. The summed E-state index contributed by atoms with van der Waals surface area (Å²) in [6, 6.07) is 7.54. The summed E-state index contributed by atoms with van der Waals surface area (Å²) >= 11 is 5.83. The Balaban J connectivity index is 1.77. The van der Waals surface area contributed by atoms with Gasteiger partial charge in [-0.05, 0) is 24.1 Å². The topological polar surface area (TPSA) is 76.1 Å². The number of carbonyl (C=O) groups excluding carboxylic acids is 1. The lowest BCUT2D eigenvalue weighted by Crippen LogP contribution is -2.26. The standard InChI is InChI=1S/C16H19ClN4O2/c1-23-9-8-18-15-11-20-14(10-21-15)16(22)19-7-6-12-2-4-13(17)5-3-12/h2-5,10-11H,6-9H2,1H3,(H,18,21)(H,19,22). The van der Waals surface area contributed by atoms with Gasteiger partial charge in [-0.25, -0.2) is 9.97 Å². The second-order valence-corrected chi connectivity index (χ2v) is 5.28. The van der Waals surface area contributed by atoms with E-state index in [0.717, 1.165) is 12.0 Å². The molecule has 0 atom stereocenters. The minimum atomic E-state index is -0.241. The zero-order chi connectivity index (χ0) is 16.5. The Bertz CT molecular complexity index is 617. The van der Waals surface area contributed by atoms with Crippen LogP contribution in [-0.2, 0) is 11.2 Å². The lowest BCUT2D eigenvalue weighted by atomic mass is 10.1. The molecule has 7 heteroatoms. The van der Waals surface area contributed by atoms with E-state index in [1.165, 1.54) is 12.4 Å². The molecule has 0 unspecified atom stereocenters. The molecule has 2 aromatic rings. The third kappa shape index (κ3) is 5.84. The highest BCUT2D eigenvalue weighted by Gasteiger charge is 2.07. The highest BCUT2D eigenvalue weighted by Crippen LogP contribution is 2.09. The number of benzene rings is 1. The van der Waals surface area contributed by atoms with E-state index in [2.05, 4.69) is 20.6 Å². The Morgan fingerprint density at radius 3 is 2.61 bits per heavy atom. The lowest BCUT2D eigenvalue weighted by Gasteiger charge is -2.07. The van der Waals surface area contributed by atoms with Crippen LogP contribution < -0.4 is 10.6 Å². The van der Waals surface area contributed by atoms with Gasteiger partial charge in [0.2, 0.25) is 0 Å². The van der Waals surface area contributed by atoms with Crippen molar-refractivity contribution >= 4 is 23.3 Å². The van der Waals surface area contributed by atoms with Crippen LogP contribution in [0.2, 0.25) is 5.02 Å². The van der Waals surface area contributed by atoms with Crippen molar-refractivity contribution in [3.8, 4) is 0 Å². The molecule has 6 nitrogen and oxygen atoms in total. The molecule has 1 heterocycles. The molecule has 1 aromatic heterocycles. The lowest BCUT2D eigenvalue weighted by molar-refractivity contribution is 0.0949. The van der Waals surface area contributed by atoms with Gasteiger partial charge in [0.05, 0.1) is 19.0 Å². The van der Waals surface area contributed by atoms with Crippen LogP contribution in [0, 0.1) is 0 Å². The first kappa shape index (κ1) is 17.2. The van der Waals surface area contributed by atoms with Gasteiger partial charge in [-0.2, -0.15) is 0 Å². The molecule has 0 radical (unpaired) electrons. The summed E-state index contributed by atoms with van der Waals surface area (Å²) in [6.45, 7) is 1.74. The Hall–Kier alpha value is -2.18. The minimum absolute atomic E-state index is 0.241. The van der Waals surface area contributed by atoms with Crippen molar-refractivity contribution in [3.63, 3.8) is 0 Å². The Labute approximate surface area is 140 Å². The molecule has 0 saturated heterocycles. The molecule has 0 aliphatic carbocycles. The Kier molecular flexibility index (Phi) is 6.77. The van der Waals surface area contributed by atoms with Gasteiger partial charge >= 0.3 is 0 Å². The number of hydrogen-bond acceptors (Lipinski definition) is 5. The van der Waals surface area contributed by atoms with Gasteiger partial charge in [0.25, 0.3) is 5.91 Å². The number of aromatic nitrogens is 2. The summed E-state index contributed by atoms with van der Waals surface area (Å²) < 4.78 is 4.93. The number of anilines is 1. The average molecular weight is 335 g/mol. The summed E-state index contributed by atoms with van der Waals surface area (Å²) in [6.07, 6.45) is 3.71. The van der Waals surface area contributed by atoms with Gasteiger partial charge < -0.3 is 15.4 Å². The molecule has 0 fully saturated rings. The van der Waals surface area contributed by atoms with Gasteiger partial charge in [0.15, 0.2) is 0 Å². The summed E-state index contributed by atoms with van der Waals surface area (Å²) in [5, 5.41) is 6.56. The van der Waals surface area contributed by atoms with Crippen LogP contribution in [-0.4, -0.2) is 42.7 Å². The van der Waals surface area contributed by atoms with Crippen molar-refractivity contribution in [3.05, 3.63) is 52.9 Å². The predicted molar refractivity (Wildman–Crippen MR) is 89.9 cm³/mol. The fraction of sp³-hybridized carbons (Fsp3) is 0.312. The molecule has 0 spiro atoms. The van der Waals surface area contributed by atoms with Crippen molar-refractivity contribution in [2.45, 2.75) is 6.42 Å². The van der Waals surface area contributed by atoms with Crippen molar-refractivity contribution in [2.75, 3.05) is 32.1 Å². The van der Waals surface area contributed by atoms with E-state index < -0.39 is 0 Å². The molecule has 1 aromatic carbocycles. The van der Waals surface area contributed by atoms with E-state index in [4.69, 9.17) is 16.3 Å². The average Bonchev–Trinajstić information content (AvgIpc) is 2.57. The molecule has 1 amide bonds. The molecule has 0 bridgehead atoms. The second-order valence-electron chi connectivity index (χ2n) is 4.84. The monoisotopic (exact) mass is 334 g/mol. The number of rotatable bonds is 8. The van der Waals surface area contributed by atoms with Crippen molar-refractivity contribution in [1.29, 1.82) is 0 Å². The SMILES string of the molecule is COCCNc1cnc(C(=O)NCCc2ccc(Cl)cc2)cn1. The number of hydrogen-bond donors (Lipinski definition) is 2. The minimum Gasteiger partial charge on any atom is -0.383 e. The molecule has 0 aliphatic rings. The maximum Gasteiger partial charge on any atom is 0.271 e. The number of nitrogens with one attached hydrogen (secondary N) is 2. The highest BCUT2D eigenvalue weighted by molar-refractivity contribution is 6.30. The van der Waals surface area contributed by atoms with Crippen molar-refractivity contribution < 1.29 is 9.53 Å². The van der Waals surface area contributed by atoms with Crippen LogP contribution in [0.1, 0.15) is 16.1 Å². The number of ether oxygens (including phenoxy) is 1. The van der Waals surface area contributed by atoms with Gasteiger partial charge in [-0.3, -0.25) is 4.79 Å². The first-order valence-corrected chi connectivity index (χ1v) is 7.64. The number of carbonyl (C=O) groups is 1. The van der Waals surface area contributed by atoms with E-state index in [1.54, 1.807) is 7.11 Å². The summed E-state index contributed by atoms with van der Waals surface area (Å²) in [5.41, 5.74) is 1.40. The summed E-state index contributed by atoms with van der Waals surface area (Å²) in [4.78, 5) is 20.2. The molecule has 2 rings (SSSR count). The second kappa shape index (κ2) is 9.07. The number of nitrogens with zero attached hydrogens (tertiary/aromatic N) is 2. The van der Waals surface area contributed by atoms with Gasteiger partial charge in [-0.1, -0.05) is 23.7 Å². The third-order valence-electron chi connectivity index (χ3n) is 3.11. The first-order valence-electron chi connectivity index (χ1n) is 7.26. The van der Waals surface area contributed by atoms with E-state index >= 15 is 0 Å². The largest absolute Gasteiger partial charge is 0.383 e. The Morgan fingerprint density at radius 1 is 1.17 bits per heavy atom. The van der Waals surface area contributed by atoms with Crippen LogP contribution in [0.5, 0.6) is 0 Å². The normalized spacial score (nSPS) is 10.3. The van der Waals surface area contributed by atoms with Crippen LogP contribution in [0.3, 0.4) is 0 Å². The van der Waals surface area contributed by atoms with Gasteiger partial charge in [-0.15, -0.1) is 0 Å². The fourth-order valence-corrected chi connectivity index (χ4v) is 2.01. The molecule has 0 aliphatic heterocycles. The number of methoxy groups -OCH3 is 1. The molecule has 23 heavy (non-hydrogen) atoms. The quantitative estimate of drug-likeness (QED) is 0.723. The van der Waals surface area contributed by atoms with Crippen LogP contribution >= 0.6 is 11.6 Å². The van der Waals surface area contributed by atoms with Gasteiger partial charge in [0.1, 0.15) is 11.5 Å². The molecule has 2 N–H and O–H groups in total. The zero-order valence-corrected chi connectivity index (χ0v) is 13.6. The maximum absolute atomic E-state index is 12.0. The molecule has 0 saturated carbocycles. The first-order chi connectivity index (χ1) is 11.2. The van der Waals surface area contributed by atoms with Crippen molar-refractivity contribution in [2.24, 2.45) is 0 Å². The fourth-order valence-electron chi connectivity index (χ4n) is 1.88. The molecular formula is C16H19ClN4O2. The van der Waals surface area contributed by atoms with Gasteiger partial charge in [0, 0.05) is 25.2 Å². The number of amides is 1. The van der Waals surface area contributed by atoms with Crippen LogP contribution in [0.25, 0.3) is 0 Å².